The molecule has 0 saturated heterocycles. The van der Waals surface area contributed by atoms with Crippen LogP contribution in [-0.2, 0) is 10.8 Å². The molecule has 0 fully saturated rings. The molecule has 96 heavy (non-hydrogen) atoms. The van der Waals surface area contributed by atoms with Gasteiger partial charge in [-0.1, -0.05) is 250 Å². The Labute approximate surface area is 597 Å². The average Bonchev–Trinajstić information content (AvgIpc) is 1.36. The smallest absolute Gasteiger partial charge is 0.256 e. The second kappa shape index (κ2) is 22.2. The van der Waals surface area contributed by atoms with E-state index in [0.29, 0.717) is 46.5 Å². The summed E-state index contributed by atoms with van der Waals surface area (Å²) in [7, 11) is 0. The van der Waals surface area contributed by atoms with Crippen molar-refractivity contribution in [3.05, 3.63) is 252 Å². The van der Waals surface area contributed by atoms with Crippen LogP contribution in [0.4, 0.5) is 28.4 Å². The van der Waals surface area contributed by atoms with Gasteiger partial charge in [-0.2, -0.15) is 0 Å². The van der Waals surface area contributed by atoms with Crippen LogP contribution < -0.4 is 47.3 Å². The summed E-state index contributed by atoms with van der Waals surface area (Å²) in [5.74, 6) is -0.913. The molecule has 0 N–H and O–H groups in total. The predicted molar refractivity (Wildman–Crippen MR) is 410 cm³/mol. The van der Waals surface area contributed by atoms with E-state index >= 15 is 0 Å². The summed E-state index contributed by atoms with van der Waals surface area (Å²) in [5.41, 5.74) is 6.21. The monoisotopic (exact) mass is 1270 g/mol. The molecule has 4 nitrogen and oxygen atoms in total. The van der Waals surface area contributed by atoms with Gasteiger partial charge < -0.3 is 19.1 Å². The molecule has 0 spiro atoms. The van der Waals surface area contributed by atoms with Crippen LogP contribution in [0.25, 0.3) is 60.9 Å². The molecule has 3 aliphatic carbocycles. The summed E-state index contributed by atoms with van der Waals surface area (Å²) in [4.78, 5) is 4.31. The molecule has 4 atom stereocenters. The molecule has 0 radical (unpaired) electrons. The fraction of sp³-hybridized carbons (Fsp3) is 0.267. The van der Waals surface area contributed by atoms with E-state index in [1.165, 1.54) is 10.1 Å². The summed E-state index contributed by atoms with van der Waals surface area (Å²) >= 11 is 0. The average molecular weight is 1270 g/mol. The van der Waals surface area contributed by atoms with E-state index in [4.69, 9.17) is 6.11 Å². The van der Waals surface area contributed by atoms with Gasteiger partial charge in [0.05, 0.1) is 44.7 Å². The first-order valence-electron chi connectivity index (χ1n) is 44.3. The molecule has 18 rings (SSSR count). The van der Waals surface area contributed by atoms with E-state index in [0.717, 1.165) is 66.4 Å². The van der Waals surface area contributed by atoms with Gasteiger partial charge in [-0.3, -0.25) is 0 Å². The van der Waals surface area contributed by atoms with E-state index in [1.54, 1.807) is 0 Å². The van der Waals surface area contributed by atoms with Crippen LogP contribution in [0, 0.1) is 23.2 Å². The molecule has 10 aromatic carbocycles. The lowest BCUT2D eigenvalue weighted by Crippen LogP contribution is -2.66. The number of rotatable bonds is 7. The SMILES string of the molecule is [2H]c1c([2H])c([2H])c(-c2c([2H])c([2H])c3c(c2[2H])N(C2C(C4CC=CCC4)=CC(C(C)(C)C)CC2C2=CCCCC2)c2cc(C(C)(C)C)cc4c2B3c2c3c5c(c([2H])c2N4c2c(-c4ccccc4)cc(C(C)(C)C)cc2-c2ccccc2)-n2c4c([2H])c([2H])c([2H])c([2H])c4c4c([2H])c([2H])c([2H])c(c42)B5c2c([2H])c([2H])c([2H])c([2H])c2O3)c([2H])c1[2H]. The van der Waals surface area contributed by atoms with Crippen LogP contribution >= 0.6 is 0 Å². The number of fused-ring (bicyclic) bond motifs is 12. The van der Waals surface area contributed by atoms with Crippen molar-refractivity contribution in [2.45, 2.75) is 131 Å². The second-order valence-corrected chi connectivity index (χ2v) is 30.5. The second-order valence-electron chi connectivity index (χ2n) is 30.5. The highest BCUT2D eigenvalue weighted by molar-refractivity contribution is 7.03. The van der Waals surface area contributed by atoms with Gasteiger partial charge in [-0.05, 0) is 200 Å². The third kappa shape index (κ3) is 9.23. The summed E-state index contributed by atoms with van der Waals surface area (Å²) in [6.07, 6.45) is 15.7. The van der Waals surface area contributed by atoms with Gasteiger partial charge in [0.25, 0.3) is 13.4 Å². The number of para-hydroxylation sites is 3. The lowest BCUT2D eigenvalue weighted by molar-refractivity contribution is 0.220. The number of hydrogen-bond acceptors (Lipinski definition) is 3. The Morgan fingerprint density at radius 2 is 1.22 bits per heavy atom. The molecule has 4 unspecified atom stereocenters. The van der Waals surface area contributed by atoms with Crippen molar-refractivity contribution in [2.24, 2.45) is 23.2 Å². The van der Waals surface area contributed by atoms with Gasteiger partial charge in [0.15, 0.2) is 0 Å². The number of benzene rings is 10. The molecular formula is C90H85B2N3O. The van der Waals surface area contributed by atoms with Crippen LogP contribution in [-0.4, -0.2) is 24.0 Å². The van der Waals surface area contributed by atoms with Crippen molar-refractivity contribution in [3.63, 3.8) is 0 Å². The van der Waals surface area contributed by atoms with Crippen LogP contribution in [0.15, 0.2) is 241 Å². The molecule has 5 heterocycles. The zero-order valence-electron chi connectivity index (χ0n) is 75.8. The Bertz CT molecular complexity index is 6240. The fourth-order valence-corrected chi connectivity index (χ4v) is 17.0. The lowest BCUT2D eigenvalue weighted by atomic mass is 9.30. The van der Waals surface area contributed by atoms with Crippen molar-refractivity contribution in [2.75, 3.05) is 9.80 Å². The Morgan fingerprint density at radius 3 is 1.93 bits per heavy atom. The molecule has 4 aliphatic heterocycles. The van der Waals surface area contributed by atoms with Crippen LogP contribution in [0.2, 0.25) is 0 Å². The summed E-state index contributed by atoms with van der Waals surface area (Å²) in [6, 6.07) is 15.5. The largest absolute Gasteiger partial charge is 0.459 e. The van der Waals surface area contributed by atoms with Gasteiger partial charge in [-0.15, -0.1) is 0 Å². The highest BCUT2D eigenvalue weighted by atomic mass is 16.5. The normalized spacial score (nSPS) is 22.2. The van der Waals surface area contributed by atoms with E-state index in [1.807, 2.05) is 60.7 Å². The van der Waals surface area contributed by atoms with E-state index in [9.17, 15) is 26.0 Å². The standard InChI is InChI=1S/C90H85B2N3O/c1-88(2,3)62-49-67(57-32-17-11-18-33-57)84(68(50-62)58-34-19-12-20-35-58)94-75-48-61(56-30-15-10-16-31-56)46-47-71(75)92-81-76(94)53-64(90(7,8)9)54-77(81)95(85-69(59-36-21-13-22-37-59)51-63(89(4,5)6)52-70(85)60-38-23-14-24-39-60)79-55-78-82-87(83(79)92)96-80-45-28-26-42-72(80)91(82)73-43-29-41-66-65-40-25-27-44-74(65)93(78)86(66)73/h10-11,13-17,21-31,34,36-49,51-55,57,62,68,84H,12,18-20,32-33,35,50H2,1-9H3/i10D,15D,16D,25D,26D,27D,28D,29D,30D,31D,40D,41D,42D,43D,44D,45D,46D,47D,48D,55D. The van der Waals surface area contributed by atoms with Crippen LogP contribution in [0.1, 0.15) is 152 Å². The number of nitrogens with zero attached hydrogens (tertiary/aromatic N) is 3. The molecule has 0 saturated carbocycles. The summed E-state index contributed by atoms with van der Waals surface area (Å²) < 4.78 is 210. The maximum atomic E-state index is 12.1. The minimum absolute atomic E-state index is 0.00893. The molecular weight excluding hydrogens is 1160 g/mol. The number of anilines is 5. The maximum Gasteiger partial charge on any atom is 0.256 e. The zero-order valence-corrected chi connectivity index (χ0v) is 55.8. The topological polar surface area (TPSA) is 20.6 Å². The number of ether oxygens (including phenoxy) is 1. The van der Waals surface area contributed by atoms with Gasteiger partial charge in [0, 0.05) is 61.8 Å². The highest BCUT2D eigenvalue weighted by Crippen LogP contribution is 2.57. The van der Waals surface area contributed by atoms with Gasteiger partial charge in [-0.25, -0.2) is 0 Å². The predicted octanol–water partition coefficient (Wildman–Crippen LogP) is 19.9. The number of hydrogen-bond donors (Lipinski definition) is 0. The number of allylic oxidation sites excluding steroid dienone is 4. The lowest BCUT2D eigenvalue weighted by Gasteiger charge is -2.53. The summed E-state index contributed by atoms with van der Waals surface area (Å²) in [6.45, 7) is 16.5. The minimum atomic E-state index is -1.62. The highest BCUT2D eigenvalue weighted by Gasteiger charge is 2.54. The van der Waals surface area contributed by atoms with E-state index in [-0.39, 0.29) is 107 Å². The third-order valence-electron chi connectivity index (χ3n) is 21.8. The number of aromatic nitrogens is 1. The summed E-state index contributed by atoms with van der Waals surface area (Å²) in [5, 5.41) is -0.350. The molecule has 7 aliphatic rings. The van der Waals surface area contributed by atoms with E-state index in [2.05, 4.69) is 121 Å². The molecule has 11 aromatic rings. The zero-order chi connectivity index (χ0) is 82.5. The fourth-order valence-electron chi connectivity index (χ4n) is 17.0. The van der Waals surface area contributed by atoms with Gasteiger partial charge in [0.2, 0.25) is 0 Å². The molecule has 472 valence electrons. The maximum absolute atomic E-state index is 12.1. The first-order chi connectivity index (χ1) is 54.9. The Balaban J connectivity index is 1.14. The Kier molecular flexibility index (Phi) is 9.61. The molecule has 6 heteroatoms. The van der Waals surface area contributed by atoms with Crippen LogP contribution in [0.3, 0.4) is 0 Å². The van der Waals surface area contributed by atoms with Crippen molar-refractivity contribution >= 4 is 96.4 Å². The Hall–Kier alpha value is -9.25. The van der Waals surface area contributed by atoms with Gasteiger partial charge in [0.1, 0.15) is 11.5 Å². The van der Waals surface area contributed by atoms with E-state index < -0.39 is 156 Å². The van der Waals surface area contributed by atoms with Gasteiger partial charge >= 0.3 is 0 Å². The molecule has 0 amide bonds. The Morgan fingerprint density at radius 1 is 0.542 bits per heavy atom. The third-order valence-corrected chi connectivity index (χ3v) is 21.8. The molecule has 1 aromatic heterocycles. The minimum Gasteiger partial charge on any atom is -0.459 e. The van der Waals surface area contributed by atoms with Crippen molar-refractivity contribution in [1.82, 2.24) is 4.57 Å². The van der Waals surface area contributed by atoms with Crippen molar-refractivity contribution in [1.29, 1.82) is 0 Å². The van der Waals surface area contributed by atoms with Crippen LogP contribution in [0.5, 0.6) is 11.5 Å². The van der Waals surface area contributed by atoms with Crippen molar-refractivity contribution < 1.29 is 32.2 Å². The first kappa shape index (κ1) is 41.7. The quantitative estimate of drug-likeness (QED) is 0.117. The van der Waals surface area contributed by atoms with Crippen molar-refractivity contribution in [3.8, 4) is 50.6 Å². The molecule has 0 bridgehead atoms. The first-order valence-corrected chi connectivity index (χ1v) is 34.3.